The molecule has 0 radical (unpaired) electrons. The second kappa shape index (κ2) is 5.81. The standard InChI is InChI=1S/C15H16N2O7S/c1-2-17-13(19)10-4-3-9(7-11(10)25(17,22)23)12(18)16-15(14(20)21)5-6-24-8-15/h3-4,7H,2,5-6,8H2,1H3,(H,16,18)(H,20,21). The highest BCUT2D eigenvalue weighted by Gasteiger charge is 2.45. The minimum atomic E-state index is -4.00. The van der Waals surface area contributed by atoms with Gasteiger partial charge in [-0.3, -0.25) is 9.59 Å². The van der Waals surface area contributed by atoms with Gasteiger partial charge in [0.1, 0.15) is 4.90 Å². The van der Waals surface area contributed by atoms with Crippen LogP contribution in [0.2, 0.25) is 0 Å². The van der Waals surface area contributed by atoms with Crippen molar-refractivity contribution < 1.29 is 32.6 Å². The third-order valence-electron chi connectivity index (χ3n) is 4.34. The van der Waals surface area contributed by atoms with Crippen LogP contribution in [0.4, 0.5) is 0 Å². The van der Waals surface area contributed by atoms with E-state index >= 15 is 0 Å². The molecular formula is C15H16N2O7S. The molecule has 1 saturated heterocycles. The number of carboxylic acid groups (broad SMARTS) is 1. The summed E-state index contributed by atoms with van der Waals surface area (Å²) in [6.07, 6.45) is 0.111. The van der Waals surface area contributed by atoms with Crippen molar-refractivity contribution in [2.45, 2.75) is 23.8 Å². The minimum absolute atomic E-state index is 0.00412. The molecule has 2 aliphatic heterocycles. The van der Waals surface area contributed by atoms with Crippen molar-refractivity contribution in [1.29, 1.82) is 0 Å². The Morgan fingerprint density at radius 1 is 1.40 bits per heavy atom. The number of aliphatic carboxylic acids is 1. The molecule has 25 heavy (non-hydrogen) atoms. The quantitative estimate of drug-likeness (QED) is 0.754. The lowest BCUT2D eigenvalue weighted by atomic mass is 9.98. The minimum Gasteiger partial charge on any atom is -0.479 e. The molecule has 1 atom stereocenters. The molecule has 2 N–H and O–H groups in total. The number of nitrogens with zero attached hydrogens (tertiary/aromatic N) is 1. The molecule has 0 aliphatic carbocycles. The maximum Gasteiger partial charge on any atom is 0.331 e. The van der Waals surface area contributed by atoms with Crippen LogP contribution in [0.15, 0.2) is 23.1 Å². The van der Waals surface area contributed by atoms with E-state index in [2.05, 4.69) is 5.32 Å². The summed E-state index contributed by atoms with van der Waals surface area (Å²) in [7, 11) is -4.00. The molecule has 0 bridgehead atoms. The van der Waals surface area contributed by atoms with Crippen molar-refractivity contribution in [2.75, 3.05) is 19.8 Å². The molecule has 0 spiro atoms. The Balaban J connectivity index is 1.95. The molecule has 1 fully saturated rings. The van der Waals surface area contributed by atoms with Crippen molar-refractivity contribution in [3.8, 4) is 0 Å². The number of hydrogen-bond donors (Lipinski definition) is 2. The summed E-state index contributed by atoms with van der Waals surface area (Å²) in [4.78, 5) is 35.7. The molecule has 1 aromatic carbocycles. The van der Waals surface area contributed by atoms with Gasteiger partial charge in [0, 0.05) is 25.1 Å². The number of carbonyl (C=O) groups is 3. The third-order valence-corrected chi connectivity index (χ3v) is 6.24. The van der Waals surface area contributed by atoms with E-state index in [0.29, 0.717) is 0 Å². The molecule has 134 valence electrons. The van der Waals surface area contributed by atoms with E-state index in [0.717, 1.165) is 10.4 Å². The van der Waals surface area contributed by atoms with Gasteiger partial charge in [-0.25, -0.2) is 17.5 Å². The topological polar surface area (TPSA) is 130 Å². The van der Waals surface area contributed by atoms with E-state index in [1.807, 2.05) is 0 Å². The first-order valence-electron chi connectivity index (χ1n) is 7.58. The van der Waals surface area contributed by atoms with E-state index in [-0.39, 0.29) is 42.2 Å². The number of rotatable bonds is 4. The second-order valence-electron chi connectivity index (χ2n) is 5.83. The van der Waals surface area contributed by atoms with Gasteiger partial charge in [0.05, 0.1) is 12.2 Å². The monoisotopic (exact) mass is 368 g/mol. The van der Waals surface area contributed by atoms with Crippen LogP contribution in [-0.2, 0) is 19.6 Å². The van der Waals surface area contributed by atoms with Gasteiger partial charge in [0.25, 0.3) is 21.8 Å². The first-order chi connectivity index (χ1) is 11.7. The van der Waals surface area contributed by atoms with E-state index in [1.165, 1.54) is 19.1 Å². The fourth-order valence-electron chi connectivity index (χ4n) is 2.90. The fourth-order valence-corrected chi connectivity index (χ4v) is 4.51. The van der Waals surface area contributed by atoms with Gasteiger partial charge in [-0.15, -0.1) is 0 Å². The normalized spacial score (nSPS) is 24.2. The zero-order valence-corrected chi connectivity index (χ0v) is 14.1. The lowest BCUT2D eigenvalue weighted by Gasteiger charge is -2.23. The van der Waals surface area contributed by atoms with Gasteiger partial charge in [0.2, 0.25) is 0 Å². The maximum atomic E-state index is 12.4. The molecule has 2 aliphatic rings. The highest BCUT2D eigenvalue weighted by molar-refractivity contribution is 7.90. The number of benzene rings is 1. The smallest absolute Gasteiger partial charge is 0.331 e. The van der Waals surface area contributed by atoms with Crippen LogP contribution in [0.1, 0.15) is 34.1 Å². The largest absolute Gasteiger partial charge is 0.479 e. The van der Waals surface area contributed by atoms with Crippen molar-refractivity contribution in [2.24, 2.45) is 0 Å². The van der Waals surface area contributed by atoms with Crippen molar-refractivity contribution in [1.82, 2.24) is 9.62 Å². The Morgan fingerprint density at radius 3 is 2.68 bits per heavy atom. The zero-order chi connectivity index (χ0) is 18.4. The molecule has 3 rings (SSSR count). The Bertz CT molecular complexity index is 872. The van der Waals surface area contributed by atoms with Gasteiger partial charge >= 0.3 is 5.97 Å². The summed E-state index contributed by atoms with van der Waals surface area (Å²) in [5.74, 6) is -2.61. The average Bonchev–Trinajstić information content (AvgIpc) is 3.10. The zero-order valence-electron chi connectivity index (χ0n) is 13.3. The Labute approximate surface area is 143 Å². The lowest BCUT2D eigenvalue weighted by molar-refractivity contribution is -0.144. The lowest BCUT2D eigenvalue weighted by Crippen LogP contribution is -2.55. The summed E-state index contributed by atoms with van der Waals surface area (Å²) in [5, 5.41) is 11.8. The van der Waals surface area contributed by atoms with Gasteiger partial charge < -0.3 is 15.2 Å². The number of carboxylic acids is 1. The summed E-state index contributed by atoms with van der Waals surface area (Å²) in [5.41, 5.74) is -1.59. The number of carbonyl (C=O) groups excluding carboxylic acids is 2. The number of nitrogens with one attached hydrogen (secondary N) is 1. The molecule has 1 unspecified atom stereocenters. The first kappa shape index (κ1) is 17.4. The molecule has 0 saturated carbocycles. The summed E-state index contributed by atoms with van der Waals surface area (Å²) in [6.45, 7) is 1.55. The predicted molar refractivity (Wildman–Crippen MR) is 83.6 cm³/mol. The van der Waals surface area contributed by atoms with Crippen molar-refractivity contribution >= 4 is 27.8 Å². The van der Waals surface area contributed by atoms with Crippen LogP contribution in [0.25, 0.3) is 0 Å². The van der Waals surface area contributed by atoms with E-state index in [4.69, 9.17) is 4.74 Å². The Morgan fingerprint density at radius 2 is 2.12 bits per heavy atom. The molecule has 10 heteroatoms. The second-order valence-corrected chi connectivity index (χ2v) is 7.66. The molecular weight excluding hydrogens is 352 g/mol. The third kappa shape index (κ3) is 2.57. The molecule has 2 heterocycles. The molecule has 2 amide bonds. The molecule has 1 aromatic rings. The van der Waals surface area contributed by atoms with Crippen molar-refractivity contribution in [3.05, 3.63) is 29.3 Å². The van der Waals surface area contributed by atoms with E-state index in [1.54, 1.807) is 0 Å². The van der Waals surface area contributed by atoms with Gasteiger partial charge in [-0.2, -0.15) is 0 Å². The highest BCUT2D eigenvalue weighted by Crippen LogP contribution is 2.31. The fraction of sp³-hybridized carbons (Fsp3) is 0.400. The maximum absolute atomic E-state index is 12.4. The van der Waals surface area contributed by atoms with Crippen LogP contribution in [-0.4, -0.2) is 60.9 Å². The number of amides is 2. The molecule has 9 nitrogen and oxygen atoms in total. The number of hydrogen-bond acceptors (Lipinski definition) is 6. The summed E-state index contributed by atoms with van der Waals surface area (Å²) >= 11 is 0. The van der Waals surface area contributed by atoms with Crippen LogP contribution in [0, 0.1) is 0 Å². The van der Waals surface area contributed by atoms with Crippen LogP contribution >= 0.6 is 0 Å². The number of ether oxygens (including phenoxy) is 1. The van der Waals surface area contributed by atoms with E-state index < -0.39 is 33.3 Å². The number of sulfonamides is 1. The summed E-state index contributed by atoms with van der Waals surface area (Å²) in [6, 6.07) is 3.66. The first-order valence-corrected chi connectivity index (χ1v) is 9.02. The van der Waals surface area contributed by atoms with Crippen LogP contribution < -0.4 is 5.32 Å². The van der Waals surface area contributed by atoms with Gasteiger partial charge in [-0.05, 0) is 25.1 Å². The van der Waals surface area contributed by atoms with Crippen LogP contribution in [0.3, 0.4) is 0 Å². The van der Waals surface area contributed by atoms with E-state index in [9.17, 15) is 27.9 Å². The predicted octanol–water partition coefficient (Wildman–Crippen LogP) is -0.176. The Hall–Kier alpha value is -2.46. The number of fused-ring (bicyclic) bond motifs is 1. The average molecular weight is 368 g/mol. The van der Waals surface area contributed by atoms with Crippen molar-refractivity contribution in [3.63, 3.8) is 0 Å². The molecule has 0 aromatic heterocycles. The SMILES string of the molecule is CCN1C(=O)c2ccc(C(=O)NC3(C(=O)O)CCOC3)cc2S1(=O)=O. The van der Waals surface area contributed by atoms with Gasteiger partial charge in [0.15, 0.2) is 5.54 Å². The van der Waals surface area contributed by atoms with Crippen LogP contribution in [0.5, 0.6) is 0 Å². The van der Waals surface area contributed by atoms with Gasteiger partial charge in [-0.1, -0.05) is 0 Å². The highest BCUT2D eigenvalue weighted by atomic mass is 32.2. The summed E-state index contributed by atoms with van der Waals surface area (Å²) < 4.78 is 30.5. The Kier molecular flexibility index (Phi) is 4.04.